The van der Waals surface area contributed by atoms with E-state index in [0.717, 1.165) is 55.1 Å². The highest BCUT2D eigenvalue weighted by Crippen LogP contribution is 2.57. The molecule has 22 heavy (non-hydrogen) atoms. The predicted octanol–water partition coefficient (Wildman–Crippen LogP) is 1.81. The highest BCUT2D eigenvalue weighted by atomic mass is 16.5. The minimum absolute atomic E-state index is 0.124. The standard InChI is InChI=1S/C18H32NO3/c1-19(2-4-21-5-3-19)12-17(20)13-22-18-9-14-6-15(10-18)8-16(7-14)11-18/h14-17,20H,2-13H2,1H3/q+1/t14?,15?,16?,17-,18?/m1/s1. The summed E-state index contributed by atoms with van der Waals surface area (Å²) in [6.07, 6.45) is 7.76. The van der Waals surface area contributed by atoms with Gasteiger partial charge >= 0.3 is 0 Å². The number of hydrogen-bond donors (Lipinski definition) is 1. The molecule has 1 atom stereocenters. The number of likely N-dealkylation sites (N-methyl/N-ethyl adjacent to an activating group) is 1. The van der Waals surface area contributed by atoms with Crippen LogP contribution in [0.1, 0.15) is 38.5 Å². The Balaban J connectivity index is 1.30. The Morgan fingerprint density at radius 1 is 1.09 bits per heavy atom. The Kier molecular flexibility index (Phi) is 4.00. The molecule has 4 bridgehead atoms. The molecule has 4 saturated carbocycles. The monoisotopic (exact) mass is 310 g/mol. The number of quaternary nitrogens is 1. The smallest absolute Gasteiger partial charge is 0.126 e. The van der Waals surface area contributed by atoms with Gasteiger partial charge in [-0.2, -0.15) is 0 Å². The molecule has 4 heteroatoms. The van der Waals surface area contributed by atoms with Gasteiger partial charge in [0.2, 0.25) is 0 Å². The molecule has 1 N–H and O–H groups in total. The fourth-order valence-corrected chi connectivity index (χ4v) is 6.01. The first kappa shape index (κ1) is 15.4. The van der Waals surface area contributed by atoms with Crippen LogP contribution in [0.15, 0.2) is 0 Å². The van der Waals surface area contributed by atoms with Gasteiger partial charge in [-0.25, -0.2) is 0 Å². The van der Waals surface area contributed by atoms with Crippen LogP contribution in [0.25, 0.3) is 0 Å². The maximum absolute atomic E-state index is 10.5. The molecule has 1 heterocycles. The van der Waals surface area contributed by atoms with Gasteiger partial charge in [-0.05, 0) is 56.3 Å². The molecule has 0 amide bonds. The fourth-order valence-electron chi connectivity index (χ4n) is 6.01. The van der Waals surface area contributed by atoms with Gasteiger partial charge in [-0.15, -0.1) is 0 Å². The molecule has 0 unspecified atom stereocenters. The Labute approximate surface area is 134 Å². The van der Waals surface area contributed by atoms with Crippen molar-refractivity contribution in [1.82, 2.24) is 0 Å². The average molecular weight is 310 g/mol. The number of ether oxygens (including phenoxy) is 2. The number of aliphatic hydroxyl groups is 1. The first-order chi connectivity index (χ1) is 10.5. The maximum Gasteiger partial charge on any atom is 0.126 e. The lowest BCUT2D eigenvalue weighted by Gasteiger charge is -2.56. The fraction of sp³-hybridized carbons (Fsp3) is 1.00. The van der Waals surface area contributed by atoms with E-state index in [0.29, 0.717) is 6.61 Å². The van der Waals surface area contributed by atoms with Crippen molar-refractivity contribution in [2.75, 3.05) is 46.5 Å². The van der Waals surface area contributed by atoms with Gasteiger partial charge in [0.05, 0.1) is 32.5 Å². The molecule has 1 aliphatic heterocycles. The van der Waals surface area contributed by atoms with Crippen LogP contribution >= 0.6 is 0 Å². The van der Waals surface area contributed by atoms with Crippen LogP contribution in [0.5, 0.6) is 0 Å². The second kappa shape index (κ2) is 5.73. The van der Waals surface area contributed by atoms with E-state index in [9.17, 15) is 5.11 Å². The largest absolute Gasteiger partial charge is 0.385 e. The molecule has 1 saturated heterocycles. The summed E-state index contributed by atoms with van der Waals surface area (Å²) in [5, 5.41) is 10.5. The maximum atomic E-state index is 10.5. The highest BCUT2D eigenvalue weighted by Gasteiger charge is 2.51. The highest BCUT2D eigenvalue weighted by molar-refractivity contribution is 5.03. The van der Waals surface area contributed by atoms with Gasteiger partial charge in [0, 0.05) is 0 Å². The SMILES string of the molecule is C[N+]1(C[C@@H](O)COC23CC4CC(CC(C4)C2)C3)CCOCC1. The number of aliphatic hydroxyl groups excluding tert-OH is 1. The summed E-state index contributed by atoms with van der Waals surface area (Å²) in [4.78, 5) is 0. The Bertz CT molecular complexity index is 370. The number of nitrogens with zero attached hydrogens (tertiary/aromatic N) is 1. The average Bonchev–Trinajstić information content (AvgIpc) is 2.44. The lowest BCUT2D eigenvalue weighted by atomic mass is 9.54. The summed E-state index contributed by atoms with van der Waals surface area (Å²) in [5.41, 5.74) is 0.124. The van der Waals surface area contributed by atoms with E-state index in [1.165, 1.54) is 38.5 Å². The lowest BCUT2D eigenvalue weighted by Crippen LogP contribution is -2.57. The number of rotatable bonds is 5. The molecule has 0 spiro atoms. The summed E-state index contributed by atoms with van der Waals surface area (Å²) in [6.45, 7) is 4.98. The zero-order valence-electron chi connectivity index (χ0n) is 14.0. The summed E-state index contributed by atoms with van der Waals surface area (Å²) in [7, 11) is 2.23. The number of hydrogen-bond acceptors (Lipinski definition) is 3. The molecule has 0 aromatic heterocycles. The van der Waals surface area contributed by atoms with Gasteiger partial charge in [-0.3, -0.25) is 0 Å². The van der Waals surface area contributed by atoms with E-state index in [1.807, 2.05) is 0 Å². The first-order valence-electron chi connectivity index (χ1n) is 9.28. The van der Waals surface area contributed by atoms with Crippen molar-refractivity contribution in [3.63, 3.8) is 0 Å². The molecule has 5 rings (SSSR count). The molecule has 0 radical (unpaired) electrons. The lowest BCUT2D eigenvalue weighted by molar-refractivity contribution is -0.919. The van der Waals surface area contributed by atoms with Gasteiger partial charge in [0.15, 0.2) is 0 Å². The Morgan fingerprint density at radius 2 is 1.64 bits per heavy atom. The van der Waals surface area contributed by atoms with Crippen LogP contribution < -0.4 is 0 Å². The molecule has 4 nitrogen and oxygen atoms in total. The molecule has 126 valence electrons. The van der Waals surface area contributed by atoms with E-state index in [4.69, 9.17) is 9.47 Å². The van der Waals surface area contributed by atoms with Crippen LogP contribution in [-0.4, -0.2) is 67.8 Å². The Morgan fingerprint density at radius 3 is 2.18 bits per heavy atom. The van der Waals surface area contributed by atoms with Crippen molar-refractivity contribution in [3.05, 3.63) is 0 Å². The molecule has 0 aromatic rings. The van der Waals surface area contributed by atoms with Crippen molar-refractivity contribution in [2.45, 2.75) is 50.2 Å². The van der Waals surface area contributed by atoms with Gasteiger partial charge in [0.1, 0.15) is 25.7 Å². The number of morpholine rings is 1. The third-order valence-electron chi connectivity index (χ3n) is 6.77. The molecular weight excluding hydrogens is 278 g/mol. The second-order valence-electron chi connectivity index (χ2n) is 8.93. The van der Waals surface area contributed by atoms with Crippen LogP contribution in [0, 0.1) is 17.8 Å². The van der Waals surface area contributed by atoms with Crippen molar-refractivity contribution in [3.8, 4) is 0 Å². The summed E-state index contributed by atoms with van der Waals surface area (Å²) < 4.78 is 12.8. The van der Waals surface area contributed by atoms with E-state index >= 15 is 0 Å². The van der Waals surface area contributed by atoms with Crippen molar-refractivity contribution in [1.29, 1.82) is 0 Å². The molecule has 5 aliphatic rings. The zero-order valence-corrected chi connectivity index (χ0v) is 14.0. The van der Waals surface area contributed by atoms with Crippen LogP contribution in [0.2, 0.25) is 0 Å². The van der Waals surface area contributed by atoms with Crippen molar-refractivity contribution >= 4 is 0 Å². The van der Waals surface area contributed by atoms with Gasteiger partial charge < -0.3 is 19.1 Å². The van der Waals surface area contributed by atoms with Crippen molar-refractivity contribution in [2.24, 2.45) is 17.8 Å². The van der Waals surface area contributed by atoms with E-state index < -0.39 is 0 Å². The zero-order chi connectivity index (χ0) is 15.2. The van der Waals surface area contributed by atoms with E-state index in [1.54, 1.807) is 0 Å². The van der Waals surface area contributed by atoms with Gasteiger partial charge in [0.25, 0.3) is 0 Å². The minimum Gasteiger partial charge on any atom is -0.385 e. The molecule has 5 fully saturated rings. The predicted molar refractivity (Wildman–Crippen MR) is 84.5 cm³/mol. The third kappa shape index (κ3) is 3.08. The third-order valence-corrected chi connectivity index (χ3v) is 6.77. The van der Waals surface area contributed by atoms with E-state index in [2.05, 4.69) is 7.05 Å². The molecular formula is C18H32NO3+. The minimum atomic E-state index is -0.337. The summed E-state index contributed by atoms with van der Waals surface area (Å²) in [5.74, 6) is 2.73. The Hall–Kier alpha value is -0.160. The summed E-state index contributed by atoms with van der Waals surface area (Å²) >= 11 is 0. The van der Waals surface area contributed by atoms with Gasteiger partial charge in [-0.1, -0.05) is 0 Å². The quantitative estimate of drug-likeness (QED) is 0.787. The van der Waals surface area contributed by atoms with Crippen LogP contribution in [0.3, 0.4) is 0 Å². The molecule has 0 aromatic carbocycles. The molecule has 4 aliphatic carbocycles. The van der Waals surface area contributed by atoms with Crippen LogP contribution in [-0.2, 0) is 9.47 Å². The van der Waals surface area contributed by atoms with Crippen LogP contribution in [0.4, 0.5) is 0 Å². The second-order valence-corrected chi connectivity index (χ2v) is 8.93. The first-order valence-corrected chi connectivity index (χ1v) is 9.28. The van der Waals surface area contributed by atoms with Crippen molar-refractivity contribution < 1.29 is 19.1 Å². The van der Waals surface area contributed by atoms with E-state index in [-0.39, 0.29) is 11.7 Å². The summed E-state index contributed by atoms with van der Waals surface area (Å²) in [6, 6.07) is 0. The normalized spacial score (nSPS) is 44.2. The topological polar surface area (TPSA) is 38.7 Å².